The molecule has 1 aromatic carbocycles. The summed E-state index contributed by atoms with van der Waals surface area (Å²) in [5.74, 6) is 0.255. The number of hydrogen-bond donors (Lipinski definition) is 2. The molecule has 2 amide bonds. The molecule has 2 heterocycles. The molecule has 7 heteroatoms. The molecule has 0 unspecified atom stereocenters. The molecule has 2 aliphatic rings. The maximum atomic E-state index is 12.6. The molecule has 0 radical (unpaired) electrons. The first-order chi connectivity index (χ1) is 15.1. The standard InChI is InChI=1S/C24H30ClN3O2S/c25-22-10-9-21(31-22)24(30)27-20-8-4-5-17(15-20)16-28-13-11-18(12-14-28)23(29)26-19-6-2-1-3-7-19/h4-5,8-10,15,18-19H,1-3,6-7,11-14,16H2,(H,26,29)(H,27,30). The predicted octanol–water partition coefficient (Wildman–Crippen LogP) is 5.31. The van der Waals surface area contributed by atoms with Gasteiger partial charge in [-0.3, -0.25) is 14.5 Å². The molecular weight excluding hydrogens is 430 g/mol. The molecule has 1 aliphatic carbocycles. The number of likely N-dealkylation sites (tertiary alicyclic amines) is 1. The molecule has 2 fully saturated rings. The Morgan fingerprint density at radius 3 is 2.52 bits per heavy atom. The molecule has 0 spiro atoms. The highest BCUT2D eigenvalue weighted by molar-refractivity contribution is 7.18. The van der Waals surface area contributed by atoms with Gasteiger partial charge < -0.3 is 10.6 Å². The van der Waals surface area contributed by atoms with E-state index in [1.54, 1.807) is 12.1 Å². The molecule has 1 aliphatic heterocycles. The normalized spacial score (nSPS) is 18.6. The minimum absolute atomic E-state index is 0.140. The van der Waals surface area contributed by atoms with Crippen LogP contribution < -0.4 is 10.6 Å². The number of benzene rings is 1. The summed E-state index contributed by atoms with van der Waals surface area (Å²) < 4.78 is 0.606. The molecule has 0 bridgehead atoms. The summed E-state index contributed by atoms with van der Waals surface area (Å²) in [7, 11) is 0. The Labute approximate surface area is 193 Å². The minimum atomic E-state index is -0.140. The smallest absolute Gasteiger partial charge is 0.265 e. The molecule has 2 aromatic rings. The van der Waals surface area contributed by atoms with Crippen LogP contribution in [0.1, 0.15) is 60.2 Å². The summed E-state index contributed by atoms with van der Waals surface area (Å²) >= 11 is 7.20. The third-order valence-corrected chi connectivity index (χ3v) is 7.53. The van der Waals surface area contributed by atoms with Crippen molar-refractivity contribution >= 4 is 40.4 Å². The van der Waals surface area contributed by atoms with Crippen molar-refractivity contribution in [2.75, 3.05) is 18.4 Å². The fraction of sp³-hybridized carbons (Fsp3) is 0.500. The van der Waals surface area contributed by atoms with Crippen molar-refractivity contribution in [1.29, 1.82) is 0 Å². The summed E-state index contributed by atoms with van der Waals surface area (Å²) in [6, 6.07) is 11.8. The van der Waals surface area contributed by atoms with Gasteiger partial charge in [-0.2, -0.15) is 0 Å². The Hall–Kier alpha value is -1.89. The molecule has 1 aromatic heterocycles. The van der Waals surface area contributed by atoms with Crippen molar-refractivity contribution in [1.82, 2.24) is 10.2 Å². The molecule has 2 N–H and O–H groups in total. The van der Waals surface area contributed by atoms with Crippen molar-refractivity contribution in [3.8, 4) is 0 Å². The quantitative estimate of drug-likeness (QED) is 0.614. The van der Waals surface area contributed by atoms with Crippen LogP contribution in [0.3, 0.4) is 0 Å². The summed E-state index contributed by atoms with van der Waals surface area (Å²) in [5, 5.41) is 6.24. The predicted molar refractivity (Wildman–Crippen MR) is 127 cm³/mol. The third-order valence-electron chi connectivity index (χ3n) is 6.30. The highest BCUT2D eigenvalue weighted by atomic mass is 35.5. The number of piperidine rings is 1. The summed E-state index contributed by atoms with van der Waals surface area (Å²) in [4.78, 5) is 28.0. The Morgan fingerprint density at radius 1 is 1.03 bits per heavy atom. The van der Waals surface area contributed by atoms with Gasteiger partial charge in [0, 0.05) is 24.2 Å². The number of anilines is 1. The van der Waals surface area contributed by atoms with Gasteiger partial charge in [0.25, 0.3) is 5.91 Å². The summed E-state index contributed by atoms with van der Waals surface area (Å²) in [5.41, 5.74) is 1.95. The van der Waals surface area contributed by atoms with Gasteiger partial charge in [-0.25, -0.2) is 0 Å². The second-order valence-electron chi connectivity index (χ2n) is 8.65. The van der Waals surface area contributed by atoms with Crippen LogP contribution in [-0.4, -0.2) is 35.8 Å². The van der Waals surface area contributed by atoms with E-state index < -0.39 is 0 Å². The molecule has 31 heavy (non-hydrogen) atoms. The number of halogens is 1. The summed E-state index contributed by atoms with van der Waals surface area (Å²) in [6.45, 7) is 2.67. The van der Waals surface area contributed by atoms with Crippen LogP contribution in [-0.2, 0) is 11.3 Å². The third kappa shape index (κ3) is 6.31. The number of rotatable bonds is 6. The van der Waals surface area contributed by atoms with Gasteiger partial charge >= 0.3 is 0 Å². The highest BCUT2D eigenvalue weighted by Crippen LogP contribution is 2.24. The minimum Gasteiger partial charge on any atom is -0.353 e. The average Bonchev–Trinajstić information content (AvgIpc) is 3.22. The van der Waals surface area contributed by atoms with E-state index in [1.807, 2.05) is 18.2 Å². The lowest BCUT2D eigenvalue weighted by Crippen LogP contribution is -2.44. The first-order valence-corrected chi connectivity index (χ1v) is 12.4. The van der Waals surface area contributed by atoms with E-state index in [9.17, 15) is 9.59 Å². The van der Waals surface area contributed by atoms with Gasteiger partial charge in [0.05, 0.1) is 9.21 Å². The van der Waals surface area contributed by atoms with E-state index in [4.69, 9.17) is 11.6 Å². The van der Waals surface area contributed by atoms with Gasteiger partial charge in [0.1, 0.15) is 0 Å². The van der Waals surface area contributed by atoms with Crippen LogP contribution in [0.2, 0.25) is 4.34 Å². The fourth-order valence-corrected chi connectivity index (χ4v) is 5.49. The first-order valence-electron chi connectivity index (χ1n) is 11.3. The van der Waals surface area contributed by atoms with Crippen LogP contribution in [0.15, 0.2) is 36.4 Å². The molecule has 0 atom stereocenters. The molecule has 1 saturated heterocycles. The van der Waals surface area contributed by atoms with E-state index in [-0.39, 0.29) is 17.7 Å². The first kappa shape index (κ1) is 22.3. The zero-order chi connectivity index (χ0) is 21.6. The Bertz CT molecular complexity index is 902. The molecule has 1 saturated carbocycles. The topological polar surface area (TPSA) is 61.4 Å². The Morgan fingerprint density at radius 2 is 1.81 bits per heavy atom. The maximum absolute atomic E-state index is 12.6. The van der Waals surface area contributed by atoms with E-state index >= 15 is 0 Å². The SMILES string of the molecule is O=C(Nc1cccc(CN2CCC(C(=O)NC3CCCCC3)CC2)c1)c1ccc(Cl)s1. The average molecular weight is 460 g/mol. The lowest BCUT2D eigenvalue weighted by atomic mass is 9.92. The van der Waals surface area contributed by atoms with Crippen LogP contribution in [0, 0.1) is 5.92 Å². The van der Waals surface area contributed by atoms with Gasteiger partial charge in [-0.1, -0.05) is 43.0 Å². The molecule has 166 valence electrons. The van der Waals surface area contributed by atoms with E-state index in [0.717, 1.165) is 56.6 Å². The van der Waals surface area contributed by atoms with Gasteiger partial charge in [0.2, 0.25) is 5.91 Å². The van der Waals surface area contributed by atoms with Crippen LogP contribution >= 0.6 is 22.9 Å². The monoisotopic (exact) mass is 459 g/mol. The lowest BCUT2D eigenvalue weighted by Gasteiger charge is -2.32. The number of nitrogens with one attached hydrogen (secondary N) is 2. The Balaban J connectivity index is 1.25. The second-order valence-corrected chi connectivity index (χ2v) is 10.4. The largest absolute Gasteiger partial charge is 0.353 e. The number of thiophene rings is 1. The zero-order valence-electron chi connectivity index (χ0n) is 17.7. The molecular formula is C24H30ClN3O2S. The van der Waals surface area contributed by atoms with Gasteiger partial charge in [-0.15, -0.1) is 11.3 Å². The molecule has 4 rings (SSSR count). The number of amides is 2. The van der Waals surface area contributed by atoms with Crippen LogP contribution in [0.25, 0.3) is 0 Å². The Kier molecular flexibility index (Phi) is 7.64. The van der Waals surface area contributed by atoms with Crippen LogP contribution in [0.4, 0.5) is 5.69 Å². The number of carbonyl (C=O) groups is 2. The summed E-state index contributed by atoms with van der Waals surface area (Å²) in [6.07, 6.45) is 7.88. The van der Waals surface area contributed by atoms with Crippen LogP contribution in [0.5, 0.6) is 0 Å². The lowest BCUT2D eigenvalue weighted by molar-refractivity contribution is -0.127. The van der Waals surface area contributed by atoms with Crippen molar-refractivity contribution in [2.45, 2.75) is 57.5 Å². The van der Waals surface area contributed by atoms with Gasteiger partial charge in [-0.05, 0) is 68.6 Å². The van der Waals surface area contributed by atoms with Crippen molar-refractivity contribution in [2.24, 2.45) is 5.92 Å². The van der Waals surface area contributed by atoms with Crippen molar-refractivity contribution in [3.63, 3.8) is 0 Å². The molecule has 5 nitrogen and oxygen atoms in total. The second kappa shape index (κ2) is 10.6. The van der Waals surface area contributed by atoms with E-state index in [1.165, 1.54) is 30.6 Å². The van der Waals surface area contributed by atoms with Gasteiger partial charge in [0.15, 0.2) is 0 Å². The van der Waals surface area contributed by atoms with E-state index in [2.05, 4.69) is 21.6 Å². The fourth-order valence-electron chi connectivity index (χ4n) is 4.55. The highest BCUT2D eigenvalue weighted by Gasteiger charge is 2.27. The van der Waals surface area contributed by atoms with Crippen molar-refractivity contribution < 1.29 is 9.59 Å². The number of hydrogen-bond acceptors (Lipinski definition) is 4. The van der Waals surface area contributed by atoms with E-state index in [0.29, 0.717) is 15.3 Å². The number of carbonyl (C=O) groups excluding carboxylic acids is 2. The zero-order valence-corrected chi connectivity index (χ0v) is 19.3. The number of nitrogens with zero attached hydrogens (tertiary/aromatic N) is 1. The van der Waals surface area contributed by atoms with Crippen molar-refractivity contribution in [3.05, 3.63) is 51.2 Å². The maximum Gasteiger partial charge on any atom is 0.265 e.